The molecule has 6 nitrogen and oxygen atoms in total. The molecule has 0 radical (unpaired) electrons. The van der Waals surface area contributed by atoms with Gasteiger partial charge >= 0.3 is 12.1 Å². The Kier molecular flexibility index (Phi) is 4.71. The van der Waals surface area contributed by atoms with E-state index in [0.29, 0.717) is 5.76 Å². The monoisotopic (exact) mass is 332 g/mol. The maximum Gasteiger partial charge on any atom is 0.433 e. The van der Waals surface area contributed by atoms with Crippen LogP contribution in [0.15, 0.2) is 27.8 Å². The van der Waals surface area contributed by atoms with Gasteiger partial charge in [0.25, 0.3) is 0 Å². The van der Waals surface area contributed by atoms with Crippen LogP contribution in [-0.4, -0.2) is 15.9 Å². The van der Waals surface area contributed by atoms with E-state index in [1.54, 1.807) is 0 Å². The second-order valence-corrected chi connectivity index (χ2v) is 5.15. The van der Waals surface area contributed by atoms with Crippen molar-refractivity contribution in [2.75, 3.05) is 0 Å². The van der Waals surface area contributed by atoms with Crippen LogP contribution in [0.1, 0.15) is 27.7 Å². The molecule has 0 aromatic carbocycles. The molecule has 2 heterocycles. The van der Waals surface area contributed by atoms with Gasteiger partial charge in [-0.3, -0.25) is 10.2 Å². The lowest BCUT2D eigenvalue weighted by atomic mass is 10.3. The Morgan fingerprint density at radius 1 is 1.41 bits per heavy atom. The number of hydrogen-bond acceptors (Lipinski definition) is 6. The summed E-state index contributed by atoms with van der Waals surface area (Å²) in [7, 11) is 0. The van der Waals surface area contributed by atoms with Gasteiger partial charge in [-0.15, -0.1) is 0 Å². The molecule has 0 spiro atoms. The Hall–Kier alpha value is -2.07. The van der Waals surface area contributed by atoms with Crippen molar-refractivity contribution in [1.82, 2.24) is 15.4 Å². The van der Waals surface area contributed by atoms with E-state index >= 15 is 0 Å². The van der Waals surface area contributed by atoms with Crippen LogP contribution < -0.4 is 11.3 Å². The summed E-state index contributed by atoms with van der Waals surface area (Å²) in [5, 5.41) is -0.0199. The van der Waals surface area contributed by atoms with Gasteiger partial charge in [-0.2, -0.15) is 13.2 Å². The summed E-state index contributed by atoms with van der Waals surface area (Å²) >= 11 is 0.972. The van der Waals surface area contributed by atoms with Gasteiger partial charge in [0.2, 0.25) is 0 Å². The summed E-state index contributed by atoms with van der Waals surface area (Å²) in [4.78, 5) is 18.6. The first-order valence-corrected chi connectivity index (χ1v) is 6.93. The Morgan fingerprint density at radius 2 is 2.14 bits per heavy atom. The van der Waals surface area contributed by atoms with Gasteiger partial charge in [0.05, 0.1) is 5.75 Å². The number of furan rings is 1. The number of nitrogen functional groups attached to an aromatic ring is 1. The number of thioether (sulfide) groups is 1. The third-order valence-corrected chi connectivity index (χ3v) is 3.35. The largest absolute Gasteiger partial charge is 0.455 e. The zero-order valence-electron chi connectivity index (χ0n) is 11.3. The molecule has 0 saturated carbocycles. The highest BCUT2D eigenvalue weighted by atomic mass is 32.2. The lowest BCUT2D eigenvalue weighted by molar-refractivity contribution is -0.141. The number of nitrogens with zero attached hydrogens (tertiary/aromatic N) is 2. The van der Waals surface area contributed by atoms with Crippen molar-refractivity contribution in [3.05, 3.63) is 41.1 Å². The highest BCUT2D eigenvalue weighted by molar-refractivity contribution is 7.98. The molecular formula is C12H11F3N4O2S. The topological polar surface area (TPSA) is 94.0 Å². The van der Waals surface area contributed by atoms with E-state index in [1.165, 1.54) is 19.1 Å². The number of rotatable bonds is 4. The van der Waals surface area contributed by atoms with Crippen molar-refractivity contribution in [2.24, 2.45) is 5.84 Å². The Labute approximate surface area is 127 Å². The van der Waals surface area contributed by atoms with Gasteiger partial charge in [-0.05, 0) is 25.1 Å². The molecule has 0 bridgehead atoms. The quantitative estimate of drug-likeness (QED) is 0.293. The minimum Gasteiger partial charge on any atom is -0.455 e. The first kappa shape index (κ1) is 16.3. The highest BCUT2D eigenvalue weighted by Crippen LogP contribution is 2.30. The Balaban J connectivity index is 2.10. The number of alkyl halides is 3. The second-order valence-electron chi connectivity index (χ2n) is 4.20. The van der Waals surface area contributed by atoms with Crippen molar-refractivity contribution >= 4 is 17.7 Å². The molecule has 0 atom stereocenters. The van der Waals surface area contributed by atoms with E-state index in [4.69, 9.17) is 10.3 Å². The Morgan fingerprint density at radius 3 is 2.77 bits per heavy atom. The molecule has 118 valence electrons. The zero-order chi connectivity index (χ0) is 16.3. The number of halogens is 3. The van der Waals surface area contributed by atoms with E-state index in [0.717, 1.165) is 17.8 Å². The first-order chi connectivity index (χ1) is 10.3. The standard InChI is InChI=1S/C12H11F3N4O2S/c1-6-4-9(12(13,14)15)18-11(17-6)22-5-7-2-3-8(21-7)10(20)19-16/h2-4H,5,16H2,1H3,(H,19,20). The third kappa shape index (κ3) is 3.98. The van der Waals surface area contributed by atoms with Crippen LogP contribution >= 0.6 is 11.8 Å². The van der Waals surface area contributed by atoms with E-state index < -0.39 is 17.8 Å². The molecule has 2 aromatic heterocycles. The van der Waals surface area contributed by atoms with Crippen LogP contribution in [0.25, 0.3) is 0 Å². The molecule has 0 unspecified atom stereocenters. The molecule has 2 aromatic rings. The van der Waals surface area contributed by atoms with E-state index in [1.807, 2.05) is 5.43 Å². The van der Waals surface area contributed by atoms with Gasteiger partial charge in [-0.1, -0.05) is 11.8 Å². The van der Waals surface area contributed by atoms with Crippen LogP contribution in [0.5, 0.6) is 0 Å². The highest BCUT2D eigenvalue weighted by Gasteiger charge is 2.33. The SMILES string of the molecule is Cc1cc(C(F)(F)F)nc(SCc2ccc(C(=O)NN)o2)n1. The number of hydrogen-bond donors (Lipinski definition) is 2. The van der Waals surface area contributed by atoms with Crippen LogP contribution in [0.3, 0.4) is 0 Å². The average Bonchev–Trinajstić information content (AvgIpc) is 2.91. The van der Waals surface area contributed by atoms with Crippen molar-refractivity contribution in [1.29, 1.82) is 0 Å². The lowest BCUT2D eigenvalue weighted by Gasteiger charge is -2.08. The fourth-order valence-corrected chi connectivity index (χ4v) is 2.33. The average molecular weight is 332 g/mol. The van der Waals surface area contributed by atoms with Gasteiger partial charge in [-0.25, -0.2) is 15.8 Å². The number of aryl methyl sites for hydroxylation is 1. The predicted octanol–water partition coefficient (Wildman–Crippen LogP) is 2.29. The van der Waals surface area contributed by atoms with Crippen LogP contribution in [0, 0.1) is 6.92 Å². The summed E-state index contributed by atoms with van der Waals surface area (Å²) in [6.07, 6.45) is -4.53. The molecule has 0 saturated heterocycles. The normalized spacial score (nSPS) is 11.5. The molecule has 1 amide bonds. The number of nitrogens with one attached hydrogen (secondary N) is 1. The summed E-state index contributed by atoms with van der Waals surface area (Å²) in [5.41, 5.74) is 1.13. The fraction of sp³-hybridized carbons (Fsp3) is 0.250. The predicted molar refractivity (Wildman–Crippen MR) is 71.7 cm³/mol. The van der Waals surface area contributed by atoms with Crippen molar-refractivity contribution < 1.29 is 22.4 Å². The molecule has 0 aliphatic rings. The molecule has 0 fully saturated rings. The third-order valence-electron chi connectivity index (χ3n) is 2.48. The van der Waals surface area contributed by atoms with Gasteiger partial charge < -0.3 is 4.42 Å². The number of hydrazine groups is 1. The molecule has 0 aliphatic carbocycles. The van der Waals surface area contributed by atoms with Crippen molar-refractivity contribution in [3.63, 3.8) is 0 Å². The minimum absolute atomic E-state index is 0.0132. The molecular weight excluding hydrogens is 321 g/mol. The van der Waals surface area contributed by atoms with Crippen LogP contribution in [0.2, 0.25) is 0 Å². The van der Waals surface area contributed by atoms with Gasteiger partial charge in [0.1, 0.15) is 11.5 Å². The number of carbonyl (C=O) groups excluding carboxylic acids is 1. The maximum absolute atomic E-state index is 12.7. The van der Waals surface area contributed by atoms with Crippen molar-refractivity contribution in [3.8, 4) is 0 Å². The lowest BCUT2D eigenvalue weighted by Crippen LogP contribution is -2.29. The maximum atomic E-state index is 12.7. The van der Waals surface area contributed by atoms with Gasteiger partial charge in [0, 0.05) is 5.69 Å². The first-order valence-electron chi connectivity index (χ1n) is 5.95. The summed E-state index contributed by atoms with van der Waals surface area (Å²) in [6, 6.07) is 3.81. The number of nitrogens with two attached hydrogens (primary N) is 1. The van der Waals surface area contributed by atoms with E-state index in [9.17, 15) is 18.0 Å². The van der Waals surface area contributed by atoms with Crippen LogP contribution in [-0.2, 0) is 11.9 Å². The summed E-state index contributed by atoms with van der Waals surface area (Å²) in [5.74, 6) is 4.95. The minimum atomic E-state index is -4.53. The van der Waals surface area contributed by atoms with Crippen LogP contribution in [0.4, 0.5) is 13.2 Å². The fourth-order valence-electron chi connectivity index (χ4n) is 1.54. The number of amides is 1. The smallest absolute Gasteiger partial charge is 0.433 e. The zero-order valence-corrected chi connectivity index (χ0v) is 12.1. The van der Waals surface area contributed by atoms with Crippen molar-refractivity contribution in [2.45, 2.75) is 24.0 Å². The number of carbonyl (C=O) groups is 1. The van der Waals surface area contributed by atoms with E-state index in [2.05, 4.69) is 9.97 Å². The molecule has 22 heavy (non-hydrogen) atoms. The molecule has 10 heteroatoms. The second kappa shape index (κ2) is 6.36. The molecule has 0 aliphatic heterocycles. The van der Waals surface area contributed by atoms with Gasteiger partial charge in [0.15, 0.2) is 10.9 Å². The molecule has 3 N–H and O–H groups in total. The Bertz CT molecular complexity index is 687. The molecule has 2 rings (SSSR count). The summed E-state index contributed by atoms with van der Waals surface area (Å²) in [6.45, 7) is 1.46. The van der Waals surface area contributed by atoms with E-state index in [-0.39, 0.29) is 22.4 Å². The summed E-state index contributed by atoms with van der Waals surface area (Å²) < 4.78 is 43.2. The number of aromatic nitrogens is 2.